The van der Waals surface area contributed by atoms with Gasteiger partial charge in [0.15, 0.2) is 11.5 Å². The largest absolute Gasteiger partial charge is 0.502 e. The zero-order valence-corrected chi connectivity index (χ0v) is 13.8. The Morgan fingerprint density at radius 2 is 2.19 bits per heavy atom. The van der Waals surface area contributed by atoms with Crippen LogP contribution in [-0.4, -0.2) is 22.9 Å². The number of nitrogens with zero attached hydrogens (tertiary/aromatic N) is 2. The second kappa shape index (κ2) is 6.40. The first kappa shape index (κ1) is 17.3. The van der Waals surface area contributed by atoms with E-state index in [0.29, 0.717) is 25.0 Å². The monoisotopic (exact) mass is 357 g/mol. The first-order chi connectivity index (χ1) is 12.4. The van der Waals surface area contributed by atoms with Gasteiger partial charge in [-0.15, -0.1) is 0 Å². The number of rotatable bonds is 3. The maximum atomic E-state index is 12.5. The van der Waals surface area contributed by atoms with Crippen molar-refractivity contribution in [3.05, 3.63) is 50.6 Å². The number of phenolic OH excluding ortho intramolecular Hbond substituents is 1. The van der Waals surface area contributed by atoms with Crippen molar-refractivity contribution in [1.82, 2.24) is 0 Å². The van der Waals surface area contributed by atoms with E-state index in [2.05, 4.69) is 0 Å². The number of carbonyl (C=O) groups excluding carboxylic acids is 1. The summed E-state index contributed by atoms with van der Waals surface area (Å²) in [5.41, 5.74) is 5.83. The third kappa shape index (κ3) is 2.61. The van der Waals surface area contributed by atoms with Crippen LogP contribution in [-0.2, 0) is 9.53 Å². The normalized spacial score (nSPS) is 19.5. The van der Waals surface area contributed by atoms with Gasteiger partial charge in [0, 0.05) is 18.4 Å². The minimum absolute atomic E-state index is 0.00862. The van der Waals surface area contributed by atoms with E-state index in [-0.39, 0.29) is 34.1 Å². The van der Waals surface area contributed by atoms with Crippen molar-refractivity contribution in [1.29, 1.82) is 5.26 Å². The van der Waals surface area contributed by atoms with E-state index in [1.165, 1.54) is 13.2 Å². The molecule has 1 aromatic rings. The van der Waals surface area contributed by atoms with Crippen molar-refractivity contribution >= 4 is 11.5 Å². The van der Waals surface area contributed by atoms with Gasteiger partial charge in [0.05, 0.1) is 18.0 Å². The molecule has 26 heavy (non-hydrogen) atoms. The lowest BCUT2D eigenvalue weighted by Gasteiger charge is -2.31. The Morgan fingerprint density at radius 1 is 1.46 bits per heavy atom. The number of methoxy groups -OCH3 is 1. The van der Waals surface area contributed by atoms with E-state index in [1.807, 2.05) is 6.07 Å². The minimum atomic E-state index is -0.878. The quantitative estimate of drug-likeness (QED) is 0.617. The van der Waals surface area contributed by atoms with Crippen LogP contribution >= 0.6 is 0 Å². The Kier molecular flexibility index (Phi) is 4.26. The standard InChI is InChI=1S/C17H15N3O6/c1-25-13-6-8(5-11(22)16(13)20(23)24)14-9(7-18)17(19)26-12-4-2-3-10(21)15(12)14/h5-6,14,22H,2-4,19H2,1H3. The molecule has 0 radical (unpaired) electrons. The van der Waals surface area contributed by atoms with Crippen LogP contribution in [0.4, 0.5) is 5.69 Å². The van der Waals surface area contributed by atoms with Crippen LogP contribution in [0.2, 0.25) is 0 Å². The average molecular weight is 357 g/mol. The smallest absolute Gasteiger partial charge is 0.352 e. The lowest BCUT2D eigenvalue weighted by atomic mass is 9.77. The lowest BCUT2D eigenvalue weighted by molar-refractivity contribution is -0.386. The molecule has 2 aliphatic rings. The second-order valence-electron chi connectivity index (χ2n) is 5.89. The number of phenols is 1. The summed E-state index contributed by atoms with van der Waals surface area (Å²) in [6.45, 7) is 0. The van der Waals surface area contributed by atoms with Crippen molar-refractivity contribution in [2.24, 2.45) is 5.73 Å². The summed E-state index contributed by atoms with van der Waals surface area (Å²) in [5.74, 6) is -1.61. The van der Waals surface area contributed by atoms with Gasteiger partial charge < -0.3 is 20.3 Å². The third-order valence-electron chi connectivity index (χ3n) is 4.42. The Labute approximate surface area is 148 Å². The summed E-state index contributed by atoms with van der Waals surface area (Å²) < 4.78 is 10.5. The summed E-state index contributed by atoms with van der Waals surface area (Å²) in [6, 6.07) is 4.41. The number of ketones is 1. The maximum Gasteiger partial charge on any atom is 0.352 e. The fourth-order valence-electron chi connectivity index (χ4n) is 3.31. The Balaban J connectivity index is 2.25. The van der Waals surface area contributed by atoms with Gasteiger partial charge in [-0.2, -0.15) is 5.26 Å². The van der Waals surface area contributed by atoms with Crippen LogP contribution < -0.4 is 10.5 Å². The molecule has 1 atom stereocenters. The van der Waals surface area contributed by atoms with Gasteiger partial charge >= 0.3 is 5.69 Å². The molecule has 1 heterocycles. The number of benzene rings is 1. The van der Waals surface area contributed by atoms with E-state index in [1.54, 1.807) is 0 Å². The first-order valence-corrected chi connectivity index (χ1v) is 7.78. The fourth-order valence-corrected chi connectivity index (χ4v) is 3.31. The van der Waals surface area contributed by atoms with Crippen molar-refractivity contribution in [3.8, 4) is 17.6 Å². The van der Waals surface area contributed by atoms with Gasteiger partial charge in [-0.25, -0.2) is 0 Å². The summed E-state index contributed by atoms with van der Waals surface area (Å²) in [6.07, 6.45) is 1.40. The van der Waals surface area contributed by atoms with Crippen LogP contribution in [0.15, 0.2) is 34.9 Å². The fraction of sp³-hybridized carbons (Fsp3) is 0.294. The molecule has 1 aliphatic carbocycles. The SMILES string of the molecule is COc1cc(C2C(C#N)=C(N)OC3=C2C(=O)CCC3)cc(O)c1[N+](=O)[O-]. The molecular formula is C17H15N3O6. The molecule has 0 saturated heterocycles. The molecule has 1 unspecified atom stereocenters. The zero-order valence-electron chi connectivity index (χ0n) is 13.8. The molecule has 1 aromatic carbocycles. The summed E-state index contributed by atoms with van der Waals surface area (Å²) >= 11 is 0. The van der Waals surface area contributed by atoms with Gasteiger partial charge in [-0.1, -0.05) is 0 Å². The second-order valence-corrected chi connectivity index (χ2v) is 5.89. The Hall–Kier alpha value is -3.54. The number of ether oxygens (including phenoxy) is 2. The molecule has 0 fully saturated rings. The first-order valence-electron chi connectivity index (χ1n) is 7.78. The van der Waals surface area contributed by atoms with E-state index in [0.717, 1.165) is 6.07 Å². The molecule has 0 saturated carbocycles. The van der Waals surface area contributed by atoms with Crippen LogP contribution in [0.1, 0.15) is 30.7 Å². The molecular weight excluding hydrogens is 342 g/mol. The van der Waals surface area contributed by atoms with E-state index < -0.39 is 22.3 Å². The molecule has 3 rings (SSSR count). The van der Waals surface area contributed by atoms with E-state index in [9.17, 15) is 25.3 Å². The molecule has 1 aliphatic heterocycles. The number of nitrogens with two attached hydrogens (primary N) is 1. The van der Waals surface area contributed by atoms with Crippen LogP contribution in [0, 0.1) is 21.4 Å². The molecule has 134 valence electrons. The summed E-state index contributed by atoms with van der Waals surface area (Å²) in [4.78, 5) is 22.9. The minimum Gasteiger partial charge on any atom is -0.502 e. The molecule has 0 spiro atoms. The number of hydrogen-bond acceptors (Lipinski definition) is 8. The van der Waals surface area contributed by atoms with Crippen LogP contribution in [0.25, 0.3) is 0 Å². The lowest BCUT2D eigenvalue weighted by Crippen LogP contribution is -2.27. The number of aromatic hydroxyl groups is 1. The van der Waals surface area contributed by atoms with Crippen molar-refractivity contribution < 1.29 is 24.3 Å². The summed E-state index contributed by atoms with van der Waals surface area (Å²) in [7, 11) is 1.22. The number of allylic oxidation sites excluding steroid dienone is 3. The Morgan fingerprint density at radius 3 is 2.81 bits per heavy atom. The topological polar surface area (TPSA) is 149 Å². The molecule has 9 heteroatoms. The predicted molar refractivity (Wildman–Crippen MR) is 87.8 cm³/mol. The highest BCUT2D eigenvalue weighted by atomic mass is 16.6. The van der Waals surface area contributed by atoms with Gasteiger partial charge in [0.2, 0.25) is 11.6 Å². The molecule has 0 amide bonds. The number of nitro benzene ring substituents is 1. The number of Topliss-reactive ketones (excluding diaryl/α,β-unsaturated/α-hetero) is 1. The van der Waals surface area contributed by atoms with Gasteiger partial charge in [-0.3, -0.25) is 14.9 Å². The molecule has 0 aromatic heterocycles. The van der Waals surface area contributed by atoms with Crippen molar-refractivity contribution in [2.45, 2.75) is 25.2 Å². The predicted octanol–water partition coefficient (Wildman–Crippen LogP) is 2.12. The van der Waals surface area contributed by atoms with Gasteiger partial charge in [0.25, 0.3) is 0 Å². The third-order valence-corrected chi connectivity index (χ3v) is 4.42. The van der Waals surface area contributed by atoms with Gasteiger partial charge in [-0.05, 0) is 24.1 Å². The highest BCUT2D eigenvalue weighted by molar-refractivity contribution is 5.99. The molecule has 0 bridgehead atoms. The van der Waals surface area contributed by atoms with Crippen molar-refractivity contribution in [3.63, 3.8) is 0 Å². The number of nitro groups is 1. The number of nitriles is 1. The molecule has 9 nitrogen and oxygen atoms in total. The van der Waals surface area contributed by atoms with Crippen LogP contribution in [0.5, 0.6) is 11.5 Å². The number of hydrogen-bond donors (Lipinski definition) is 2. The molecule has 3 N–H and O–H groups in total. The van der Waals surface area contributed by atoms with Crippen molar-refractivity contribution in [2.75, 3.05) is 7.11 Å². The summed E-state index contributed by atoms with van der Waals surface area (Å²) in [5, 5.41) is 30.8. The van der Waals surface area contributed by atoms with E-state index in [4.69, 9.17) is 15.2 Å². The Bertz CT molecular complexity index is 925. The highest BCUT2D eigenvalue weighted by Crippen LogP contribution is 2.47. The number of carbonyl (C=O) groups is 1. The maximum absolute atomic E-state index is 12.5. The average Bonchev–Trinajstić information content (AvgIpc) is 2.59. The van der Waals surface area contributed by atoms with E-state index >= 15 is 0 Å². The zero-order chi connectivity index (χ0) is 19.0. The highest BCUT2D eigenvalue weighted by Gasteiger charge is 2.39. The van der Waals surface area contributed by atoms with Gasteiger partial charge in [0.1, 0.15) is 17.4 Å². The van der Waals surface area contributed by atoms with Crippen LogP contribution in [0.3, 0.4) is 0 Å².